The van der Waals surface area contributed by atoms with E-state index in [1.165, 1.54) is 0 Å². The van der Waals surface area contributed by atoms with Gasteiger partial charge < -0.3 is 14.7 Å². The monoisotopic (exact) mass is 421 g/mol. The molecule has 2 aromatic rings. The second-order valence-electron chi connectivity index (χ2n) is 9.01. The summed E-state index contributed by atoms with van der Waals surface area (Å²) in [5.41, 5.74) is 3.94. The van der Waals surface area contributed by atoms with Crippen molar-refractivity contribution in [3.63, 3.8) is 0 Å². The van der Waals surface area contributed by atoms with Gasteiger partial charge in [0.2, 0.25) is 0 Å². The number of hydrogen-bond acceptors (Lipinski definition) is 6. The Morgan fingerprint density at radius 2 is 1.94 bits per heavy atom. The number of aliphatic hydroxyl groups is 1. The molecule has 0 bridgehead atoms. The van der Waals surface area contributed by atoms with E-state index in [9.17, 15) is 9.90 Å². The van der Waals surface area contributed by atoms with Gasteiger partial charge in [-0.25, -0.2) is 0 Å². The average Bonchev–Trinajstić information content (AvgIpc) is 3.17. The van der Waals surface area contributed by atoms with Gasteiger partial charge in [-0.15, -0.1) is 0 Å². The van der Waals surface area contributed by atoms with Crippen LogP contribution >= 0.6 is 0 Å². The fourth-order valence-corrected chi connectivity index (χ4v) is 4.56. The Kier molecular flexibility index (Phi) is 6.21. The normalized spacial score (nSPS) is 17.3. The van der Waals surface area contributed by atoms with Gasteiger partial charge in [0.15, 0.2) is 0 Å². The number of fused-ring (bicyclic) bond motifs is 1. The van der Waals surface area contributed by atoms with Crippen LogP contribution in [0.4, 0.5) is 0 Å². The minimum absolute atomic E-state index is 0.0788. The van der Waals surface area contributed by atoms with Crippen LogP contribution in [0.25, 0.3) is 0 Å². The van der Waals surface area contributed by atoms with E-state index in [4.69, 9.17) is 14.7 Å². The lowest BCUT2D eigenvalue weighted by atomic mass is 9.80. The largest absolute Gasteiger partial charge is 0.390 e. The highest BCUT2D eigenvalue weighted by Crippen LogP contribution is 2.32. The Balaban J connectivity index is 1.49. The Morgan fingerprint density at radius 3 is 2.61 bits per heavy atom. The first-order valence-corrected chi connectivity index (χ1v) is 11.0. The predicted octanol–water partition coefficient (Wildman–Crippen LogP) is 3.04. The second kappa shape index (κ2) is 8.89. The molecule has 0 saturated carbocycles. The van der Waals surface area contributed by atoms with Gasteiger partial charge in [-0.1, -0.05) is 30.3 Å². The Morgan fingerprint density at radius 1 is 1.23 bits per heavy atom. The predicted molar refractivity (Wildman–Crippen MR) is 120 cm³/mol. The van der Waals surface area contributed by atoms with Crippen LogP contribution in [-0.2, 0) is 22.5 Å². The summed E-state index contributed by atoms with van der Waals surface area (Å²) in [6, 6.07) is 11.8. The smallest absolute Gasteiger partial charge is 0.139 e. The number of carbonyl (C=O) groups excluding carboxylic acids is 1. The number of aryl methyl sites for hydroxylation is 1. The maximum atomic E-state index is 13.0. The molecule has 6 heteroatoms. The van der Waals surface area contributed by atoms with Gasteiger partial charge in [-0.3, -0.25) is 14.8 Å². The average molecular weight is 422 g/mol. The van der Waals surface area contributed by atoms with E-state index in [-0.39, 0.29) is 24.5 Å². The number of aromatic nitrogens is 1. The maximum Gasteiger partial charge on any atom is 0.139 e. The molecule has 0 unspecified atom stereocenters. The van der Waals surface area contributed by atoms with Gasteiger partial charge in [0.1, 0.15) is 11.6 Å². The zero-order valence-electron chi connectivity index (χ0n) is 18.6. The Labute approximate surface area is 184 Å². The first kappa shape index (κ1) is 21.7. The molecule has 164 valence electrons. The van der Waals surface area contributed by atoms with E-state index in [0.717, 1.165) is 60.2 Å². The third-order valence-corrected chi connectivity index (χ3v) is 6.13. The number of morpholine rings is 1. The van der Waals surface area contributed by atoms with E-state index in [2.05, 4.69) is 4.90 Å². The molecule has 3 heterocycles. The van der Waals surface area contributed by atoms with E-state index < -0.39 is 5.60 Å². The summed E-state index contributed by atoms with van der Waals surface area (Å²) in [6.07, 6.45) is 0.543. The summed E-state index contributed by atoms with van der Waals surface area (Å²) in [7, 11) is 0. The molecule has 4 rings (SSSR count). The number of Topliss-reactive ketones (excluding diaryl/α,β-unsaturated/α-hetero) is 1. The lowest BCUT2D eigenvalue weighted by Crippen LogP contribution is -2.41. The van der Waals surface area contributed by atoms with Gasteiger partial charge >= 0.3 is 0 Å². The molecule has 2 aliphatic heterocycles. The number of ketones is 1. The Hall–Kier alpha value is -2.57. The van der Waals surface area contributed by atoms with Crippen LogP contribution in [0.15, 0.2) is 41.4 Å². The maximum absolute atomic E-state index is 13.0. The summed E-state index contributed by atoms with van der Waals surface area (Å²) < 4.78 is 5.46. The number of pyridine rings is 1. The second-order valence-corrected chi connectivity index (χ2v) is 9.01. The van der Waals surface area contributed by atoms with Crippen molar-refractivity contribution in [1.29, 1.82) is 0 Å². The highest BCUT2D eigenvalue weighted by molar-refractivity contribution is 6.03. The van der Waals surface area contributed by atoms with Crippen molar-refractivity contribution in [2.24, 2.45) is 4.99 Å². The van der Waals surface area contributed by atoms with Crippen LogP contribution < -0.4 is 0 Å². The summed E-state index contributed by atoms with van der Waals surface area (Å²) >= 11 is 0. The molecule has 1 aromatic heterocycles. The van der Waals surface area contributed by atoms with E-state index >= 15 is 0 Å². The zero-order chi connectivity index (χ0) is 22.0. The van der Waals surface area contributed by atoms with Gasteiger partial charge in [0, 0.05) is 48.8 Å². The van der Waals surface area contributed by atoms with E-state index in [0.29, 0.717) is 6.54 Å². The molecule has 1 N–H and O–H groups in total. The fraction of sp³-hybridized carbons (Fsp3) is 0.480. The summed E-state index contributed by atoms with van der Waals surface area (Å²) in [5, 5.41) is 10.7. The van der Waals surface area contributed by atoms with Crippen molar-refractivity contribution in [3.05, 3.63) is 64.5 Å². The molecule has 1 atom stereocenters. The lowest BCUT2D eigenvalue weighted by molar-refractivity contribution is -0.120. The first-order chi connectivity index (χ1) is 14.8. The third-order valence-electron chi connectivity index (χ3n) is 6.13. The summed E-state index contributed by atoms with van der Waals surface area (Å²) in [6.45, 7) is 9.28. The van der Waals surface area contributed by atoms with Crippen molar-refractivity contribution in [2.45, 2.75) is 51.7 Å². The van der Waals surface area contributed by atoms with Gasteiger partial charge in [-0.05, 0) is 38.0 Å². The number of benzene rings is 1. The fourth-order valence-electron chi connectivity index (χ4n) is 4.56. The lowest BCUT2D eigenvalue weighted by Gasteiger charge is -2.29. The van der Waals surface area contributed by atoms with Crippen LogP contribution in [0.2, 0.25) is 0 Å². The van der Waals surface area contributed by atoms with Gasteiger partial charge in [0.05, 0.1) is 25.4 Å². The minimum Gasteiger partial charge on any atom is -0.390 e. The number of hydrogen-bond donors (Lipinski definition) is 1. The molecule has 0 radical (unpaired) electrons. The van der Waals surface area contributed by atoms with Crippen LogP contribution in [-0.4, -0.2) is 58.5 Å². The number of aliphatic imine (C=N–C) groups is 1. The molecule has 31 heavy (non-hydrogen) atoms. The SMILES string of the molecule is Cc1nc(CC(=O)C[C@@H](c2ccccc2)C(C)(C)O)cc2c1C(N1CCOCC1)=NC2. The number of ether oxygens (including phenoxy) is 1. The number of nitrogens with zero attached hydrogens (tertiary/aromatic N) is 3. The van der Waals surface area contributed by atoms with Crippen molar-refractivity contribution in [1.82, 2.24) is 9.88 Å². The van der Waals surface area contributed by atoms with Gasteiger partial charge in [0.25, 0.3) is 0 Å². The van der Waals surface area contributed by atoms with Crippen LogP contribution in [0.3, 0.4) is 0 Å². The molecular weight excluding hydrogens is 390 g/mol. The van der Waals surface area contributed by atoms with E-state index in [1.54, 1.807) is 13.8 Å². The zero-order valence-corrected chi connectivity index (χ0v) is 18.6. The van der Waals surface area contributed by atoms with Crippen LogP contribution in [0.1, 0.15) is 54.3 Å². The van der Waals surface area contributed by atoms with Crippen molar-refractivity contribution < 1.29 is 14.6 Å². The number of carbonyl (C=O) groups is 1. The molecule has 0 amide bonds. The molecule has 0 aliphatic carbocycles. The van der Waals surface area contributed by atoms with Crippen molar-refractivity contribution in [2.75, 3.05) is 26.3 Å². The summed E-state index contributed by atoms with van der Waals surface area (Å²) in [4.78, 5) is 24.7. The van der Waals surface area contributed by atoms with Crippen molar-refractivity contribution >= 4 is 11.6 Å². The molecule has 1 saturated heterocycles. The highest BCUT2D eigenvalue weighted by Gasteiger charge is 2.31. The molecule has 1 fully saturated rings. The highest BCUT2D eigenvalue weighted by atomic mass is 16.5. The minimum atomic E-state index is -0.987. The number of rotatable bonds is 6. The molecule has 2 aliphatic rings. The summed E-state index contributed by atoms with van der Waals surface area (Å²) in [5.74, 6) is 0.829. The molecule has 0 spiro atoms. The molecule has 6 nitrogen and oxygen atoms in total. The molecule has 1 aromatic carbocycles. The third kappa shape index (κ3) is 4.86. The van der Waals surface area contributed by atoms with Crippen molar-refractivity contribution in [3.8, 4) is 0 Å². The standard InChI is InChI=1S/C25H31N3O3/c1-17-23-19(16-26-24(23)28-9-11-31-12-10-28)13-20(27-17)14-21(29)15-22(25(2,3)30)18-7-5-4-6-8-18/h4-8,13,22,30H,9-12,14-16H2,1-3H3/t22-/m0/s1. The quantitative estimate of drug-likeness (QED) is 0.776. The Bertz CT molecular complexity index is 973. The molecular formula is C25H31N3O3. The van der Waals surface area contributed by atoms with Crippen LogP contribution in [0, 0.1) is 6.92 Å². The van der Waals surface area contributed by atoms with E-state index in [1.807, 2.05) is 43.3 Å². The first-order valence-electron chi connectivity index (χ1n) is 11.0. The van der Waals surface area contributed by atoms with Gasteiger partial charge in [-0.2, -0.15) is 0 Å². The van der Waals surface area contributed by atoms with Crippen LogP contribution in [0.5, 0.6) is 0 Å². The topological polar surface area (TPSA) is 75.0 Å². The number of amidine groups is 1.